The average molecular weight is 646 g/mol. The smallest absolute Gasteiger partial charge is 0.290 e. The van der Waals surface area contributed by atoms with Crippen LogP contribution in [0.5, 0.6) is 5.75 Å². The Kier molecular flexibility index (Phi) is 10.8. The maximum atomic E-state index is 15.2. The van der Waals surface area contributed by atoms with Crippen molar-refractivity contribution < 1.29 is 28.2 Å². The first kappa shape index (κ1) is 32.2. The first-order valence-corrected chi connectivity index (χ1v) is 15.7. The zero-order valence-corrected chi connectivity index (χ0v) is 25.8. The minimum atomic E-state index is -1.04. The number of amides is 1. The molecule has 0 spiro atoms. The number of hydrogen-bond acceptors (Lipinski definition) is 4. The third-order valence-electron chi connectivity index (χ3n) is 8.57. The van der Waals surface area contributed by atoms with Gasteiger partial charge in [0.2, 0.25) is 0 Å². The van der Waals surface area contributed by atoms with Crippen LogP contribution in [0, 0.1) is 11.7 Å². The van der Waals surface area contributed by atoms with Gasteiger partial charge in [0.1, 0.15) is 17.7 Å². The molecule has 3 aliphatic rings. The summed E-state index contributed by atoms with van der Waals surface area (Å²) in [5.41, 5.74) is 3.18. The van der Waals surface area contributed by atoms with Crippen LogP contribution in [0.2, 0.25) is 10.0 Å². The SMILES string of the molecule is O=C(c1cc(C2CC2)c(OCC2CCN(C(c3ccccc3)c3cc(Cl)cc(Cl)c3)CC2)cc1F)N1CCC(F)C1.O=CO. The first-order valence-electron chi connectivity index (χ1n) is 15.0. The molecule has 1 aliphatic carbocycles. The summed E-state index contributed by atoms with van der Waals surface area (Å²) in [6.07, 6.45) is 3.15. The predicted octanol–water partition coefficient (Wildman–Crippen LogP) is 7.78. The van der Waals surface area contributed by atoms with E-state index in [1.807, 2.05) is 30.3 Å². The monoisotopic (exact) mass is 644 g/mol. The van der Waals surface area contributed by atoms with Crippen LogP contribution in [-0.4, -0.2) is 66.2 Å². The number of halogens is 4. The number of nitrogens with zero attached hydrogens (tertiary/aromatic N) is 2. The molecule has 2 unspecified atom stereocenters. The molecule has 1 saturated carbocycles. The van der Waals surface area contributed by atoms with E-state index in [9.17, 15) is 9.18 Å². The molecule has 10 heteroatoms. The van der Waals surface area contributed by atoms with E-state index in [0.717, 1.165) is 49.9 Å². The molecule has 1 amide bonds. The summed E-state index contributed by atoms with van der Waals surface area (Å²) in [6.45, 7) is 2.35. The van der Waals surface area contributed by atoms with E-state index < -0.39 is 17.9 Å². The number of piperidine rings is 1. The van der Waals surface area contributed by atoms with Gasteiger partial charge in [-0.3, -0.25) is 14.5 Å². The summed E-state index contributed by atoms with van der Waals surface area (Å²) in [5, 5.41) is 8.13. The Labute approximate surface area is 266 Å². The van der Waals surface area contributed by atoms with Crippen LogP contribution < -0.4 is 4.74 Å². The molecular formula is C34H36Cl2F2N2O4. The lowest BCUT2D eigenvalue weighted by atomic mass is 9.91. The first-order chi connectivity index (χ1) is 21.3. The summed E-state index contributed by atoms with van der Waals surface area (Å²) in [4.78, 5) is 25.1. The summed E-state index contributed by atoms with van der Waals surface area (Å²) < 4.78 is 35.1. The molecule has 2 aliphatic heterocycles. The molecule has 6 nitrogen and oxygen atoms in total. The molecule has 1 N–H and O–H groups in total. The van der Waals surface area contributed by atoms with E-state index in [0.29, 0.717) is 41.3 Å². The quantitative estimate of drug-likeness (QED) is 0.254. The molecule has 3 aromatic carbocycles. The molecule has 3 fully saturated rings. The van der Waals surface area contributed by atoms with Gasteiger partial charge >= 0.3 is 0 Å². The summed E-state index contributed by atoms with van der Waals surface area (Å²) in [6, 6.07) is 19.2. The number of carboxylic acid groups (broad SMARTS) is 1. The van der Waals surface area contributed by atoms with E-state index in [4.69, 9.17) is 37.8 Å². The lowest BCUT2D eigenvalue weighted by molar-refractivity contribution is -0.122. The topological polar surface area (TPSA) is 70.1 Å². The standard InChI is InChI=1S/C33H34Cl2F2N2O2.CH2O2/c34-25-14-24(15-26(35)16-25)32(23-4-2-1-3-5-23)38-11-8-21(9-12-38)20-41-31-18-30(37)29(17-28(31)22-6-7-22)33(40)39-13-10-27(36)19-39;2-1-3/h1-5,14-18,21-22,27,32H,6-13,19-20H2;1H,(H,2,3). The van der Waals surface area contributed by atoms with Gasteiger partial charge in [0.05, 0.1) is 24.8 Å². The Bertz CT molecular complexity index is 1430. The largest absolute Gasteiger partial charge is 0.493 e. The Hall–Kier alpha value is -3.20. The highest BCUT2D eigenvalue weighted by Crippen LogP contribution is 2.45. The van der Waals surface area contributed by atoms with Gasteiger partial charge in [-0.2, -0.15) is 0 Å². The van der Waals surface area contributed by atoms with Gasteiger partial charge in [0.25, 0.3) is 12.4 Å². The third-order valence-corrected chi connectivity index (χ3v) is 9.01. The number of carbonyl (C=O) groups excluding carboxylic acids is 1. The number of rotatable bonds is 8. The Morgan fingerprint density at radius 2 is 1.61 bits per heavy atom. The fraction of sp³-hybridized carbons (Fsp3) is 0.412. The van der Waals surface area contributed by atoms with Crippen molar-refractivity contribution in [1.82, 2.24) is 9.80 Å². The van der Waals surface area contributed by atoms with Gasteiger partial charge in [-0.05, 0) is 98.0 Å². The Morgan fingerprint density at radius 1 is 0.955 bits per heavy atom. The second-order valence-electron chi connectivity index (χ2n) is 11.7. The van der Waals surface area contributed by atoms with Crippen molar-refractivity contribution >= 4 is 35.6 Å². The van der Waals surface area contributed by atoms with E-state index >= 15 is 4.39 Å². The van der Waals surface area contributed by atoms with E-state index in [1.165, 1.54) is 16.5 Å². The van der Waals surface area contributed by atoms with Crippen molar-refractivity contribution in [2.45, 2.75) is 50.2 Å². The van der Waals surface area contributed by atoms with Crippen LogP contribution in [0.25, 0.3) is 0 Å². The van der Waals surface area contributed by atoms with Crippen molar-refractivity contribution in [2.75, 3.05) is 32.8 Å². The molecule has 0 radical (unpaired) electrons. The summed E-state index contributed by atoms with van der Waals surface area (Å²) >= 11 is 12.8. The van der Waals surface area contributed by atoms with Crippen LogP contribution in [0.15, 0.2) is 60.7 Å². The van der Waals surface area contributed by atoms with Crippen LogP contribution in [-0.2, 0) is 4.79 Å². The highest BCUT2D eigenvalue weighted by Gasteiger charge is 2.33. The molecular weight excluding hydrogens is 609 g/mol. The summed E-state index contributed by atoms with van der Waals surface area (Å²) in [7, 11) is 0. The van der Waals surface area contributed by atoms with Crippen molar-refractivity contribution in [1.29, 1.82) is 0 Å². The Morgan fingerprint density at radius 3 is 2.20 bits per heavy atom. The lowest BCUT2D eigenvalue weighted by Crippen LogP contribution is -2.38. The fourth-order valence-electron chi connectivity index (χ4n) is 6.21. The van der Waals surface area contributed by atoms with Crippen molar-refractivity contribution in [3.05, 3.63) is 98.8 Å². The van der Waals surface area contributed by atoms with Crippen LogP contribution in [0.1, 0.15) is 71.1 Å². The van der Waals surface area contributed by atoms with Crippen molar-refractivity contribution in [3.8, 4) is 5.75 Å². The maximum Gasteiger partial charge on any atom is 0.290 e. The van der Waals surface area contributed by atoms with E-state index in [2.05, 4.69) is 17.0 Å². The number of benzene rings is 3. The number of hydrogen-bond donors (Lipinski definition) is 1. The van der Waals surface area contributed by atoms with Gasteiger partial charge in [0.15, 0.2) is 0 Å². The maximum absolute atomic E-state index is 15.2. The molecule has 3 aromatic rings. The molecule has 2 saturated heterocycles. The lowest BCUT2D eigenvalue weighted by Gasteiger charge is -2.38. The second-order valence-corrected chi connectivity index (χ2v) is 12.6. The van der Waals surface area contributed by atoms with Crippen LogP contribution in [0.3, 0.4) is 0 Å². The van der Waals surface area contributed by atoms with E-state index in [1.54, 1.807) is 12.1 Å². The highest BCUT2D eigenvalue weighted by atomic mass is 35.5. The molecule has 0 bridgehead atoms. The Balaban J connectivity index is 0.00000123. The molecule has 234 valence electrons. The zero-order valence-electron chi connectivity index (χ0n) is 24.3. The van der Waals surface area contributed by atoms with Crippen molar-refractivity contribution in [3.63, 3.8) is 0 Å². The molecule has 44 heavy (non-hydrogen) atoms. The predicted molar refractivity (Wildman–Crippen MR) is 167 cm³/mol. The molecule has 6 rings (SSSR count). The fourth-order valence-corrected chi connectivity index (χ4v) is 6.76. The highest BCUT2D eigenvalue weighted by molar-refractivity contribution is 6.34. The van der Waals surface area contributed by atoms with Gasteiger partial charge < -0.3 is 14.7 Å². The molecule has 2 atom stereocenters. The van der Waals surface area contributed by atoms with E-state index in [-0.39, 0.29) is 30.5 Å². The normalized spacial score (nSPS) is 19.6. The number of likely N-dealkylation sites (tertiary alicyclic amines) is 2. The zero-order chi connectivity index (χ0) is 31.2. The van der Waals surface area contributed by atoms with Crippen LogP contribution >= 0.6 is 23.2 Å². The van der Waals surface area contributed by atoms with Crippen LogP contribution in [0.4, 0.5) is 8.78 Å². The number of alkyl halides is 1. The van der Waals surface area contributed by atoms with Gasteiger partial charge in [-0.15, -0.1) is 0 Å². The minimum absolute atomic E-state index is 0.0229. The molecule has 2 heterocycles. The van der Waals surface area contributed by atoms with Crippen molar-refractivity contribution in [2.24, 2.45) is 5.92 Å². The third kappa shape index (κ3) is 7.89. The molecule has 0 aromatic heterocycles. The second kappa shape index (κ2) is 14.7. The number of carbonyl (C=O) groups is 2. The van der Waals surface area contributed by atoms with Gasteiger partial charge in [-0.1, -0.05) is 53.5 Å². The minimum Gasteiger partial charge on any atom is -0.493 e. The summed E-state index contributed by atoms with van der Waals surface area (Å²) in [5.74, 6) is 0.107. The number of ether oxygens (including phenoxy) is 1. The van der Waals surface area contributed by atoms with Gasteiger partial charge in [-0.25, -0.2) is 8.78 Å². The average Bonchev–Trinajstić information content (AvgIpc) is 3.76. The van der Waals surface area contributed by atoms with Gasteiger partial charge in [0, 0.05) is 22.7 Å².